The molecular weight excluding hydrogens is 240 g/mol. The van der Waals surface area contributed by atoms with Crippen molar-refractivity contribution in [1.82, 2.24) is 19.5 Å². The lowest BCUT2D eigenvalue weighted by Gasteiger charge is -2.01. The van der Waals surface area contributed by atoms with Crippen LogP contribution in [-0.2, 0) is 0 Å². The molecule has 0 fully saturated rings. The maximum absolute atomic E-state index is 11.9. The number of aromatic amines is 1. The number of nitrogens with zero attached hydrogens (tertiary/aromatic N) is 3. The summed E-state index contributed by atoms with van der Waals surface area (Å²) < 4.78 is 1.46. The number of aromatic nitrogens is 4. The van der Waals surface area contributed by atoms with E-state index in [1.54, 1.807) is 6.07 Å². The molecule has 0 aliphatic rings. The van der Waals surface area contributed by atoms with Crippen LogP contribution < -0.4 is 5.69 Å². The Balaban J connectivity index is 2.37. The van der Waals surface area contributed by atoms with E-state index >= 15 is 0 Å². The summed E-state index contributed by atoms with van der Waals surface area (Å²) in [6.07, 6.45) is 1.33. The molecular formula is C11H7ClN4O. The molecule has 0 unspecified atom stereocenters. The minimum atomic E-state index is -0.249. The van der Waals surface area contributed by atoms with Gasteiger partial charge in [0, 0.05) is 6.07 Å². The number of imidazole rings is 1. The lowest BCUT2D eigenvalue weighted by atomic mass is 10.3. The molecule has 2 heterocycles. The number of fused-ring (bicyclic) bond motifs is 1. The highest BCUT2D eigenvalue weighted by atomic mass is 35.5. The van der Waals surface area contributed by atoms with Crippen LogP contribution in [-0.4, -0.2) is 19.5 Å². The fraction of sp³-hybridized carbons (Fsp3) is 0. The first-order valence-electron chi connectivity index (χ1n) is 4.93. The van der Waals surface area contributed by atoms with Gasteiger partial charge in [-0.25, -0.2) is 19.3 Å². The summed E-state index contributed by atoms with van der Waals surface area (Å²) in [5, 5.41) is 0.298. The Morgan fingerprint density at radius 1 is 1.24 bits per heavy atom. The number of para-hydroxylation sites is 2. The molecule has 0 bridgehead atoms. The van der Waals surface area contributed by atoms with E-state index in [9.17, 15) is 4.79 Å². The van der Waals surface area contributed by atoms with Crippen LogP contribution in [0.15, 0.2) is 41.5 Å². The van der Waals surface area contributed by atoms with Crippen LogP contribution in [0.1, 0.15) is 0 Å². The topological polar surface area (TPSA) is 63.6 Å². The fourth-order valence-electron chi connectivity index (χ4n) is 1.73. The number of hydrogen-bond acceptors (Lipinski definition) is 3. The third-order valence-electron chi connectivity index (χ3n) is 2.44. The highest BCUT2D eigenvalue weighted by molar-refractivity contribution is 6.29. The van der Waals surface area contributed by atoms with Gasteiger partial charge in [0.1, 0.15) is 17.3 Å². The SMILES string of the molecule is O=c1[nH]c2ccccc2n1-c1cc(Cl)ncn1. The van der Waals surface area contributed by atoms with Crippen LogP contribution in [0.5, 0.6) is 0 Å². The van der Waals surface area contributed by atoms with E-state index in [1.807, 2.05) is 24.3 Å². The standard InChI is InChI=1S/C11H7ClN4O/c12-9-5-10(14-6-13-9)16-8-4-2-1-3-7(8)15-11(16)17/h1-6H,(H,15,17). The largest absolute Gasteiger partial charge is 0.332 e. The lowest BCUT2D eigenvalue weighted by molar-refractivity contribution is 0.949. The van der Waals surface area contributed by atoms with Gasteiger partial charge in [-0.2, -0.15) is 0 Å². The number of nitrogens with one attached hydrogen (secondary N) is 1. The molecule has 0 amide bonds. The molecule has 1 aromatic carbocycles. The smallest absolute Gasteiger partial charge is 0.305 e. The fourth-order valence-corrected chi connectivity index (χ4v) is 1.87. The Morgan fingerprint density at radius 2 is 2.06 bits per heavy atom. The summed E-state index contributed by atoms with van der Waals surface area (Å²) in [6.45, 7) is 0. The average Bonchev–Trinajstić information content (AvgIpc) is 2.64. The first-order valence-corrected chi connectivity index (χ1v) is 5.31. The molecule has 3 aromatic rings. The summed E-state index contributed by atoms with van der Waals surface area (Å²) in [4.78, 5) is 22.4. The van der Waals surface area contributed by atoms with Crippen LogP contribution in [0, 0.1) is 0 Å². The molecule has 0 aliphatic carbocycles. The van der Waals surface area contributed by atoms with Gasteiger partial charge < -0.3 is 4.98 Å². The van der Waals surface area contributed by atoms with E-state index in [0.29, 0.717) is 11.0 Å². The molecule has 3 rings (SSSR count). The average molecular weight is 247 g/mol. The molecule has 0 spiro atoms. The highest BCUT2D eigenvalue weighted by Crippen LogP contribution is 2.14. The molecule has 0 atom stereocenters. The van der Waals surface area contributed by atoms with E-state index in [2.05, 4.69) is 15.0 Å². The van der Waals surface area contributed by atoms with Gasteiger partial charge in [0.2, 0.25) is 0 Å². The molecule has 1 N–H and O–H groups in total. The minimum Gasteiger partial charge on any atom is -0.305 e. The lowest BCUT2D eigenvalue weighted by Crippen LogP contribution is -2.15. The van der Waals surface area contributed by atoms with E-state index in [-0.39, 0.29) is 5.69 Å². The molecule has 2 aromatic heterocycles. The van der Waals surface area contributed by atoms with Crippen LogP contribution in [0.25, 0.3) is 16.9 Å². The second kappa shape index (κ2) is 3.71. The predicted octanol–water partition coefficient (Wildman–Crippen LogP) is 1.76. The van der Waals surface area contributed by atoms with Gasteiger partial charge in [-0.3, -0.25) is 0 Å². The zero-order valence-electron chi connectivity index (χ0n) is 8.59. The molecule has 17 heavy (non-hydrogen) atoms. The highest BCUT2D eigenvalue weighted by Gasteiger charge is 2.09. The third-order valence-corrected chi connectivity index (χ3v) is 2.64. The number of H-pyrrole nitrogens is 1. The van der Waals surface area contributed by atoms with Gasteiger partial charge in [0.25, 0.3) is 0 Å². The molecule has 84 valence electrons. The number of hydrogen-bond donors (Lipinski definition) is 1. The molecule has 6 heteroatoms. The van der Waals surface area contributed by atoms with Crippen molar-refractivity contribution in [3.63, 3.8) is 0 Å². The maximum Gasteiger partial charge on any atom is 0.332 e. The van der Waals surface area contributed by atoms with Crippen molar-refractivity contribution in [3.8, 4) is 5.82 Å². The molecule has 0 aliphatic heterocycles. The summed E-state index contributed by atoms with van der Waals surface area (Å²) >= 11 is 5.79. The molecule has 0 saturated carbocycles. The van der Waals surface area contributed by atoms with Crippen LogP contribution in [0.2, 0.25) is 5.15 Å². The second-order valence-electron chi connectivity index (χ2n) is 3.48. The van der Waals surface area contributed by atoms with Crippen molar-refractivity contribution in [2.24, 2.45) is 0 Å². The summed E-state index contributed by atoms with van der Waals surface area (Å²) in [5.74, 6) is 0.451. The zero-order valence-corrected chi connectivity index (χ0v) is 9.35. The molecule has 0 radical (unpaired) electrons. The Hall–Kier alpha value is -2.14. The van der Waals surface area contributed by atoms with Crippen molar-refractivity contribution < 1.29 is 0 Å². The third kappa shape index (κ3) is 1.60. The molecule has 5 nitrogen and oxygen atoms in total. The van der Waals surface area contributed by atoms with Gasteiger partial charge in [0.15, 0.2) is 0 Å². The van der Waals surface area contributed by atoms with Gasteiger partial charge in [0.05, 0.1) is 11.0 Å². The quantitative estimate of drug-likeness (QED) is 0.666. The normalized spacial score (nSPS) is 10.9. The Labute approximate surface area is 101 Å². The summed E-state index contributed by atoms with van der Waals surface area (Å²) in [5.41, 5.74) is 1.26. The Kier molecular flexibility index (Phi) is 2.19. The number of benzene rings is 1. The van der Waals surface area contributed by atoms with Crippen molar-refractivity contribution in [3.05, 3.63) is 52.3 Å². The first kappa shape index (κ1) is 10.0. The second-order valence-corrected chi connectivity index (χ2v) is 3.87. The van der Waals surface area contributed by atoms with Gasteiger partial charge in [-0.15, -0.1) is 0 Å². The maximum atomic E-state index is 11.9. The van der Waals surface area contributed by atoms with Gasteiger partial charge in [-0.1, -0.05) is 23.7 Å². The van der Waals surface area contributed by atoms with Gasteiger partial charge in [-0.05, 0) is 12.1 Å². The minimum absolute atomic E-state index is 0.249. The van der Waals surface area contributed by atoms with E-state index < -0.39 is 0 Å². The van der Waals surface area contributed by atoms with Crippen molar-refractivity contribution in [1.29, 1.82) is 0 Å². The van der Waals surface area contributed by atoms with Crippen LogP contribution >= 0.6 is 11.6 Å². The zero-order chi connectivity index (χ0) is 11.8. The summed E-state index contributed by atoms with van der Waals surface area (Å²) in [7, 11) is 0. The van der Waals surface area contributed by atoms with Gasteiger partial charge >= 0.3 is 5.69 Å². The van der Waals surface area contributed by atoms with Crippen molar-refractivity contribution >= 4 is 22.6 Å². The number of rotatable bonds is 1. The Morgan fingerprint density at radius 3 is 2.88 bits per heavy atom. The molecule has 0 saturated heterocycles. The van der Waals surface area contributed by atoms with E-state index in [4.69, 9.17) is 11.6 Å². The van der Waals surface area contributed by atoms with E-state index in [1.165, 1.54) is 10.9 Å². The van der Waals surface area contributed by atoms with Crippen molar-refractivity contribution in [2.45, 2.75) is 0 Å². The monoisotopic (exact) mass is 246 g/mol. The summed E-state index contributed by atoms with van der Waals surface area (Å²) in [6, 6.07) is 8.92. The van der Waals surface area contributed by atoms with Crippen LogP contribution in [0.4, 0.5) is 0 Å². The first-order chi connectivity index (χ1) is 8.25. The number of halogens is 1. The van der Waals surface area contributed by atoms with E-state index in [0.717, 1.165) is 11.0 Å². The van der Waals surface area contributed by atoms with Crippen LogP contribution in [0.3, 0.4) is 0 Å². The Bertz CT molecular complexity index is 746. The van der Waals surface area contributed by atoms with Crippen molar-refractivity contribution in [2.75, 3.05) is 0 Å². The predicted molar refractivity (Wildman–Crippen MR) is 64.5 cm³/mol.